The van der Waals surface area contributed by atoms with Crippen molar-refractivity contribution in [2.24, 2.45) is 0 Å². The number of nitrogens with zero attached hydrogens (tertiary/aromatic N) is 2. The molecule has 9 heavy (non-hydrogen) atoms. The molecule has 1 rings (SSSR count). The molecule has 0 fully saturated rings. The molecule has 0 atom stereocenters. The highest BCUT2D eigenvalue weighted by molar-refractivity contribution is 6.32. The lowest BCUT2D eigenvalue weighted by Crippen LogP contribution is -2.09. The summed E-state index contributed by atoms with van der Waals surface area (Å²) in [5.41, 5.74) is 1.50. The van der Waals surface area contributed by atoms with Gasteiger partial charge in [0.05, 0.1) is 0 Å². The van der Waals surface area contributed by atoms with Crippen molar-refractivity contribution in [2.45, 2.75) is 0 Å². The summed E-state index contributed by atoms with van der Waals surface area (Å²) >= 11 is 0. The first-order valence-corrected chi connectivity index (χ1v) is 2.58. The summed E-state index contributed by atoms with van der Waals surface area (Å²) in [6.45, 7) is 0. The summed E-state index contributed by atoms with van der Waals surface area (Å²) in [5.74, 6) is 5.35. The van der Waals surface area contributed by atoms with E-state index in [1.54, 1.807) is 12.3 Å². The lowest BCUT2D eigenvalue weighted by atomic mass is 10.0. The van der Waals surface area contributed by atoms with Gasteiger partial charge in [-0.1, -0.05) is 5.46 Å². The van der Waals surface area contributed by atoms with Crippen LogP contribution < -0.4 is 11.3 Å². The summed E-state index contributed by atoms with van der Waals surface area (Å²) in [6, 6.07) is 3.69. The van der Waals surface area contributed by atoms with Crippen molar-refractivity contribution >= 4 is 13.3 Å². The first kappa shape index (κ1) is 5.77. The molecule has 0 radical (unpaired) electrons. The smallest absolute Gasteiger partial charge is 0.141 e. The molecule has 1 heterocycles. The molecule has 0 amide bonds. The van der Waals surface area contributed by atoms with Gasteiger partial charge >= 0.3 is 0 Å². The Kier molecular flexibility index (Phi) is 1.19. The largest absolute Gasteiger partial charge is 0.339 e. The molecule has 0 unspecified atom stereocenters. The molecule has 0 aliphatic carbocycles. The summed E-state index contributed by atoms with van der Waals surface area (Å²) in [4.78, 5) is 0. The van der Waals surface area contributed by atoms with Gasteiger partial charge in [0.2, 0.25) is 0 Å². The minimum atomic E-state index is 0.493. The van der Waals surface area contributed by atoms with Crippen LogP contribution in [0.3, 0.4) is 0 Å². The Morgan fingerprint density at radius 1 is 1.78 bits per heavy atom. The highest BCUT2D eigenvalue weighted by atomic mass is 15.3. The predicted octanol–water partition coefficient (Wildman–Crippen LogP) is -1.67. The third kappa shape index (κ3) is 0.893. The van der Waals surface area contributed by atoms with Crippen LogP contribution in [0.25, 0.3) is 0 Å². The maximum absolute atomic E-state index is 8.38. The standard InChI is InChI=1S/C5H6BN3/c6-4-1-5(2-7)9(8)3-4/h1,3H,6,8H2. The topological polar surface area (TPSA) is 54.7 Å². The second kappa shape index (κ2) is 1.86. The Balaban J connectivity index is 3.20. The van der Waals surface area contributed by atoms with Crippen LogP contribution in [-0.2, 0) is 0 Å². The second-order valence-corrected chi connectivity index (χ2v) is 1.92. The molecule has 0 saturated heterocycles. The SMILES string of the molecule is Bc1cc(C#N)n(N)c1. The van der Waals surface area contributed by atoms with E-state index in [0.717, 1.165) is 5.46 Å². The zero-order valence-corrected chi connectivity index (χ0v) is 5.13. The van der Waals surface area contributed by atoms with Gasteiger partial charge in [-0.15, -0.1) is 0 Å². The van der Waals surface area contributed by atoms with Crippen molar-refractivity contribution in [3.8, 4) is 6.07 Å². The first-order chi connectivity index (χ1) is 4.24. The third-order valence-electron chi connectivity index (χ3n) is 1.10. The van der Waals surface area contributed by atoms with Crippen LogP contribution in [0.1, 0.15) is 5.69 Å². The van der Waals surface area contributed by atoms with Crippen LogP contribution in [0.15, 0.2) is 12.3 Å². The summed E-state index contributed by atoms with van der Waals surface area (Å²) in [5, 5.41) is 8.38. The predicted molar refractivity (Wildman–Crippen MR) is 37.5 cm³/mol. The van der Waals surface area contributed by atoms with Crippen LogP contribution in [0, 0.1) is 11.3 Å². The minimum absolute atomic E-state index is 0.493. The number of nitrogens with two attached hydrogens (primary N) is 1. The number of hydrogen-bond acceptors (Lipinski definition) is 2. The average Bonchev–Trinajstić information content (AvgIpc) is 2.10. The fraction of sp³-hybridized carbons (Fsp3) is 0. The van der Waals surface area contributed by atoms with Gasteiger partial charge in [-0.05, 0) is 6.07 Å². The molecule has 0 aliphatic heterocycles. The van der Waals surface area contributed by atoms with Gasteiger partial charge < -0.3 is 5.84 Å². The minimum Gasteiger partial charge on any atom is -0.339 e. The number of hydrogen-bond donors (Lipinski definition) is 1. The molecule has 0 spiro atoms. The zero-order valence-electron chi connectivity index (χ0n) is 5.13. The highest BCUT2D eigenvalue weighted by Crippen LogP contribution is 1.89. The van der Waals surface area contributed by atoms with Crippen molar-refractivity contribution in [1.29, 1.82) is 5.26 Å². The summed E-state index contributed by atoms with van der Waals surface area (Å²) < 4.78 is 1.31. The van der Waals surface area contributed by atoms with Crippen molar-refractivity contribution in [2.75, 3.05) is 5.84 Å². The van der Waals surface area contributed by atoms with Crippen LogP contribution in [0.5, 0.6) is 0 Å². The van der Waals surface area contributed by atoms with E-state index in [1.807, 2.05) is 13.9 Å². The molecule has 1 aromatic heterocycles. The molecule has 4 heteroatoms. The van der Waals surface area contributed by atoms with E-state index in [-0.39, 0.29) is 0 Å². The fourth-order valence-electron chi connectivity index (χ4n) is 0.706. The van der Waals surface area contributed by atoms with E-state index >= 15 is 0 Å². The summed E-state index contributed by atoms with van der Waals surface area (Å²) in [7, 11) is 1.89. The van der Waals surface area contributed by atoms with E-state index in [2.05, 4.69) is 0 Å². The van der Waals surface area contributed by atoms with Gasteiger partial charge in [-0.25, -0.2) is 0 Å². The molecule has 44 valence electrons. The van der Waals surface area contributed by atoms with Crippen molar-refractivity contribution < 1.29 is 0 Å². The van der Waals surface area contributed by atoms with Gasteiger partial charge in [-0.2, -0.15) is 5.26 Å². The monoisotopic (exact) mass is 119 g/mol. The maximum atomic E-state index is 8.38. The maximum Gasteiger partial charge on any atom is 0.141 e. The molecule has 0 bridgehead atoms. The van der Waals surface area contributed by atoms with E-state index < -0.39 is 0 Å². The normalized spacial score (nSPS) is 8.78. The molecule has 3 nitrogen and oxygen atoms in total. The van der Waals surface area contributed by atoms with E-state index in [9.17, 15) is 0 Å². The van der Waals surface area contributed by atoms with E-state index in [0.29, 0.717) is 5.69 Å². The lowest BCUT2D eigenvalue weighted by Gasteiger charge is -1.88. The number of aromatic nitrogens is 1. The Morgan fingerprint density at radius 3 is 2.67 bits per heavy atom. The molecule has 1 aromatic rings. The van der Waals surface area contributed by atoms with Gasteiger partial charge in [0.1, 0.15) is 19.6 Å². The molecule has 0 aliphatic rings. The number of nitrogen functional groups attached to an aromatic ring is 1. The van der Waals surface area contributed by atoms with Gasteiger partial charge in [0.25, 0.3) is 0 Å². The van der Waals surface area contributed by atoms with Gasteiger partial charge in [-0.3, -0.25) is 4.68 Å². The third-order valence-corrected chi connectivity index (χ3v) is 1.10. The summed E-state index contributed by atoms with van der Waals surface area (Å²) in [6.07, 6.45) is 1.71. The Labute approximate surface area is 54.1 Å². The Hall–Kier alpha value is -1.37. The Bertz CT molecular complexity index is 258. The van der Waals surface area contributed by atoms with Crippen molar-refractivity contribution in [1.82, 2.24) is 4.68 Å². The van der Waals surface area contributed by atoms with E-state index in [1.165, 1.54) is 4.68 Å². The van der Waals surface area contributed by atoms with Crippen LogP contribution >= 0.6 is 0 Å². The number of nitriles is 1. The van der Waals surface area contributed by atoms with Gasteiger partial charge in [0.15, 0.2) is 0 Å². The van der Waals surface area contributed by atoms with Crippen molar-refractivity contribution in [3.63, 3.8) is 0 Å². The molecule has 0 aromatic carbocycles. The molecule has 0 saturated carbocycles. The highest BCUT2D eigenvalue weighted by Gasteiger charge is 1.95. The molecular weight excluding hydrogens is 113 g/mol. The zero-order chi connectivity index (χ0) is 6.85. The van der Waals surface area contributed by atoms with Crippen LogP contribution in [-0.4, -0.2) is 12.5 Å². The van der Waals surface area contributed by atoms with Crippen molar-refractivity contribution in [3.05, 3.63) is 18.0 Å². The lowest BCUT2D eigenvalue weighted by molar-refractivity contribution is 0.996. The van der Waals surface area contributed by atoms with Crippen LogP contribution in [0.4, 0.5) is 0 Å². The van der Waals surface area contributed by atoms with Gasteiger partial charge in [0, 0.05) is 6.20 Å². The second-order valence-electron chi connectivity index (χ2n) is 1.92. The molecule has 2 N–H and O–H groups in total. The van der Waals surface area contributed by atoms with E-state index in [4.69, 9.17) is 11.1 Å². The number of rotatable bonds is 0. The quantitative estimate of drug-likeness (QED) is 0.328. The average molecular weight is 119 g/mol. The molecular formula is C5H6BN3. The Morgan fingerprint density at radius 2 is 2.44 bits per heavy atom. The van der Waals surface area contributed by atoms with Crippen LogP contribution in [0.2, 0.25) is 0 Å². The first-order valence-electron chi connectivity index (χ1n) is 2.58. The fourth-order valence-corrected chi connectivity index (χ4v) is 0.706.